The van der Waals surface area contributed by atoms with Crippen molar-refractivity contribution in [3.05, 3.63) is 24.3 Å². The van der Waals surface area contributed by atoms with Gasteiger partial charge in [0.15, 0.2) is 0 Å². The van der Waals surface area contributed by atoms with Gasteiger partial charge in [0, 0.05) is 30.0 Å². The second kappa shape index (κ2) is 7.96. The lowest BCUT2D eigenvalue weighted by Gasteiger charge is -2.33. The van der Waals surface area contributed by atoms with Crippen molar-refractivity contribution in [3.8, 4) is 0 Å². The molecule has 0 bridgehead atoms. The van der Waals surface area contributed by atoms with E-state index in [0.717, 1.165) is 31.0 Å². The summed E-state index contributed by atoms with van der Waals surface area (Å²) >= 11 is 0. The minimum atomic E-state index is -3.47. The van der Waals surface area contributed by atoms with Gasteiger partial charge < -0.3 is 10.2 Å². The van der Waals surface area contributed by atoms with Gasteiger partial charge in [0.05, 0.1) is 12.8 Å². The molecule has 1 amide bonds. The third-order valence-electron chi connectivity index (χ3n) is 4.74. The van der Waals surface area contributed by atoms with Crippen molar-refractivity contribution < 1.29 is 13.2 Å². The van der Waals surface area contributed by atoms with Gasteiger partial charge >= 0.3 is 0 Å². The van der Waals surface area contributed by atoms with Crippen LogP contribution in [0, 0.1) is 5.92 Å². The molecule has 0 atom stereocenters. The average molecular weight is 382 g/mol. The van der Waals surface area contributed by atoms with Gasteiger partial charge in [-0.1, -0.05) is 6.92 Å². The lowest BCUT2D eigenvalue weighted by Crippen LogP contribution is -2.48. The van der Waals surface area contributed by atoms with E-state index in [2.05, 4.69) is 17.1 Å². The fraction of sp³-hybridized carbons (Fsp3) is 0.632. The van der Waals surface area contributed by atoms with Crippen molar-refractivity contribution in [2.45, 2.75) is 46.1 Å². The summed E-state index contributed by atoms with van der Waals surface area (Å²) in [5.41, 5.74) is 1.18. The van der Waals surface area contributed by atoms with Gasteiger partial charge in [-0.2, -0.15) is 4.31 Å². The molecule has 1 N–H and O–H groups in total. The lowest BCUT2D eigenvalue weighted by atomic mass is 9.99. The minimum absolute atomic E-state index is 0.200. The quantitative estimate of drug-likeness (QED) is 0.851. The molecular formula is C19H31N3O3S. The first-order valence-corrected chi connectivity index (χ1v) is 10.9. The van der Waals surface area contributed by atoms with Crippen LogP contribution in [0.25, 0.3) is 0 Å². The van der Waals surface area contributed by atoms with Gasteiger partial charge in [-0.15, -0.1) is 0 Å². The molecule has 6 nitrogen and oxygen atoms in total. The van der Waals surface area contributed by atoms with Crippen LogP contribution in [0.1, 0.15) is 40.5 Å². The fourth-order valence-electron chi connectivity index (χ4n) is 3.21. The maximum atomic E-state index is 12.3. The maximum absolute atomic E-state index is 12.3. The molecule has 0 aliphatic carbocycles. The first-order valence-electron chi connectivity index (χ1n) is 9.09. The number of rotatable bonds is 5. The molecule has 0 aromatic heterocycles. The SMILES string of the molecule is CC1CCN(c2ccc(NC(=O)CN(C(C)(C)C)S(C)(=O)=O)cc2)CC1. The Morgan fingerprint density at radius 3 is 2.19 bits per heavy atom. The van der Waals surface area contributed by atoms with Gasteiger partial charge in [0.1, 0.15) is 0 Å². The van der Waals surface area contributed by atoms with Crippen LogP contribution in [0.4, 0.5) is 11.4 Å². The molecule has 2 rings (SSSR count). The number of carbonyl (C=O) groups excluding carboxylic acids is 1. The first-order chi connectivity index (χ1) is 12.0. The summed E-state index contributed by atoms with van der Waals surface area (Å²) < 4.78 is 25.1. The fourth-order valence-corrected chi connectivity index (χ4v) is 4.55. The van der Waals surface area contributed by atoms with Crippen molar-refractivity contribution in [2.24, 2.45) is 5.92 Å². The Hall–Kier alpha value is -1.60. The monoisotopic (exact) mass is 381 g/mol. The number of carbonyl (C=O) groups is 1. The van der Waals surface area contributed by atoms with Crippen molar-refractivity contribution in [3.63, 3.8) is 0 Å². The van der Waals surface area contributed by atoms with Crippen LogP contribution in [-0.4, -0.2) is 50.1 Å². The summed E-state index contributed by atoms with van der Waals surface area (Å²) in [4.78, 5) is 14.7. The largest absolute Gasteiger partial charge is 0.372 e. The van der Waals surface area contributed by atoms with Crippen LogP contribution >= 0.6 is 0 Å². The molecule has 1 heterocycles. The van der Waals surface area contributed by atoms with E-state index >= 15 is 0 Å². The molecule has 1 fully saturated rings. The van der Waals surface area contributed by atoms with E-state index in [1.165, 1.54) is 17.1 Å². The summed E-state index contributed by atoms with van der Waals surface area (Å²) in [6.45, 7) is 9.52. The summed E-state index contributed by atoms with van der Waals surface area (Å²) in [5, 5.41) is 2.79. The van der Waals surface area contributed by atoms with Crippen LogP contribution in [0.3, 0.4) is 0 Å². The zero-order chi connectivity index (χ0) is 19.5. The van der Waals surface area contributed by atoms with Crippen molar-refractivity contribution in [1.82, 2.24) is 4.31 Å². The van der Waals surface area contributed by atoms with E-state index in [1.54, 1.807) is 20.8 Å². The zero-order valence-corrected chi connectivity index (χ0v) is 17.3. The Morgan fingerprint density at radius 1 is 1.19 bits per heavy atom. The highest BCUT2D eigenvalue weighted by Crippen LogP contribution is 2.24. The van der Waals surface area contributed by atoms with Crippen LogP contribution in [-0.2, 0) is 14.8 Å². The highest BCUT2D eigenvalue weighted by atomic mass is 32.2. The number of hydrogen-bond acceptors (Lipinski definition) is 4. The molecule has 1 saturated heterocycles. The molecule has 1 aromatic rings. The number of nitrogens with one attached hydrogen (secondary N) is 1. The van der Waals surface area contributed by atoms with Crippen LogP contribution < -0.4 is 10.2 Å². The van der Waals surface area contributed by atoms with E-state index in [4.69, 9.17) is 0 Å². The Balaban J connectivity index is 1.99. The summed E-state index contributed by atoms with van der Waals surface area (Å²) in [6, 6.07) is 7.74. The maximum Gasteiger partial charge on any atom is 0.239 e. The standard InChI is InChI=1S/C19H31N3O3S/c1-15-10-12-21(13-11-15)17-8-6-16(7-9-17)20-18(23)14-22(19(2,3)4)26(5,24)25/h6-9,15H,10-14H2,1-5H3,(H,20,23). The molecule has 1 aliphatic rings. The number of hydrogen-bond donors (Lipinski definition) is 1. The van der Waals surface area contributed by atoms with E-state index in [9.17, 15) is 13.2 Å². The highest BCUT2D eigenvalue weighted by Gasteiger charge is 2.31. The second-order valence-corrected chi connectivity index (χ2v) is 10.1. The number of anilines is 2. The number of sulfonamides is 1. The van der Waals surface area contributed by atoms with E-state index in [-0.39, 0.29) is 12.5 Å². The Morgan fingerprint density at radius 2 is 1.73 bits per heavy atom. The van der Waals surface area contributed by atoms with E-state index < -0.39 is 15.6 Å². The minimum Gasteiger partial charge on any atom is -0.372 e. The number of piperidine rings is 1. The Kier molecular flexibility index (Phi) is 6.34. The molecule has 0 radical (unpaired) electrons. The lowest BCUT2D eigenvalue weighted by molar-refractivity contribution is -0.117. The predicted octanol–water partition coefficient (Wildman–Crippen LogP) is 2.92. The molecule has 1 aromatic carbocycles. The van der Waals surface area contributed by atoms with E-state index in [0.29, 0.717) is 5.69 Å². The van der Waals surface area contributed by atoms with Gasteiger partial charge in [-0.25, -0.2) is 8.42 Å². The van der Waals surface area contributed by atoms with Gasteiger partial charge in [0.2, 0.25) is 15.9 Å². The zero-order valence-electron chi connectivity index (χ0n) is 16.4. The molecule has 26 heavy (non-hydrogen) atoms. The normalized spacial score (nSPS) is 16.8. The van der Waals surface area contributed by atoms with Crippen LogP contribution in [0.15, 0.2) is 24.3 Å². The van der Waals surface area contributed by atoms with E-state index in [1.807, 2.05) is 24.3 Å². The van der Waals surface area contributed by atoms with Gasteiger partial charge in [-0.05, 0) is 63.8 Å². The average Bonchev–Trinajstić information content (AvgIpc) is 2.52. The Bertz CT molecular complexity index is 715. The number of nitrogens with zero attached hydrogens (tertiary/aromatic N) is 2. The smallest absolute Gasteiger partial charge is 0.239 e. The third-order valence-corrected chi connectivity index (χ3v) is 6.21. The molecular weight excluding hydrogens is 350 g/mol. The topological polar surface area (TPSA) is 69.7 Å². The molecule has 7 heteroatoms. The number of benzene rings is 1. The van der Waals surface area contributed by atoms with Gasteiger partial charge in [0.25, 0.3) is 0 Å². The molecule has 0 unspecified atom stereocenters. The molecule has 1 aliphatic heterocycles. The van der Waals surface area contributed by atoms with Crippen LogP contribution in [0.5, 0.6) is 0 Å². The second-order valence-electron chi connectivity index (χ2n) is 8.21. The molecule has 0 saturated carbocycles. The number of amides is 1. The molecule has 0 spiro atoms. The third kappa shape index (κ3) is 5.71. The predicted molar refractivity (Wildman–Crippen MR) is 107 cm³/mol. The van der Waals surface area contributed by atoms with Crippen molar-refractivity contribution in [1.29, 1.82) is 0 Å². The highest BCUT2D eigenvalue weighted by molar-refractivity contribution is 7.88. The van der Waals surface area contributed by atoms with Gasteiger partial charge in [-0.3, -0.25) is 4.79 Å². The first kappa shape index (κ1) is 20.7. The van der Waals surface area contributed by atoms with Crippen molar-refractivity contribution in [2.75, 3.05) is 36.1 Å². The molecule has 146 valence electrons. The Labute approximate surface area is 157 Å². The summed E-state index contributed by atoms with van der Waals surface area (Å²) in [5.74, 6) is 0.440. The van der Waals surface area contributed by atoms with Crippen molar-refractivity contribution >= 4 is 27.3 Å². The summed E-state index contributed by atoms with van der Waals surface area (Å²) in [6.07, 6.45) is 3.53. The summed E-state index contributed by atoms with van der Waals surface area (Å²) in [7, 11) is -3.47. The van der Waals surface area contributed by atoms with Crippen LogP contribution in [0.2, 0.25) is 0 Å².